The molecule has 0 saturated heterocycles. The zero-order chi connectivity index (χ0) is 31.1. The van der Waals surface area contributed by atoms with Gasteiger partial charge in [-0.3, -0.25) is 0 Å². The quantitative estimate of drug-likeness (QED) is 0.177. The van der Waals surface area contributed by atoms with Gasteiger partial charge in [0.1, 0.15) is 0 Å². The molecule has 11 rings (SSSR count). The molecule has 7 aromatic carbocycles. The van der Waals surface area contributed by atoms with Crippen molar-refractivity contribution in [1.29, 1.82) is 0 Å². The highest BCUT2D eigenvalue weighted by atomic mass is 15.0. The van der Waals surface area contributed by atoms with E-state index in [0.29, 0.717) is 0 Å². The first kappa shape index (κ1) is 25.5. The van der Waals surface area contributed by atoms with E-state index in [1.165, 1.54) is 94.3 Å². The van der Waals surface area contributed by atoms with E-state index in [1.54, 1.807) is 0 Å². The molecule has 0 amide bonds. The molecular formula is C46H31N. The van der Waals surface area contributed by atoms with Crippen LogP contribution in [-0.4, -0.2) is 4.57 Å². The third-order valence-electron chi connectivity index (χ3n) is 11.6. The van der Waals surface area contributed by atoms with E-state index in [0.717, 1.165) is 0 Å². The number of hydrogen-bond donors (Lipinski definition) is 0. The van der Waals surface area contributed by atoms with E-state index in [2.05, 4.69) is 170 Å². The summed E-state index contributed by atoms with van der Waals surface area (Å²) >= 11 is 0. The van der Waals surface area contributed by atoms with Gasteiger partial charge in [-0.1, -0.05) is 141 Å². The summed E-state index contributed by atoms with van der Waals surface area (Å²) in [5.41, 5.74) is 19.7. The van der Waals surface area contributed by atoms with Crippen LogP contribution in [0, 0.1) is 0 Å². The van der Waals surface area contributed by atoms with Gasteiger partial charge in [0.2, 0.25) is 0 Å². The van der Waals surface area contributed by atoms with Gasteiger partial charge in [-0.05, 0) is 91.0 Å². The van der Waals surface area contributed by atoms with Crippen molar-refractivity contribution in [2.45, 2.75) is 24.7 Å². The van der Waals surface area contributed by atoms with Crippen LogP contribution < -0.4 is 0 Å². The molecule has 220 valence electrons. The number of benzene rings is 7. The molecule has 0 unspecified atom stereocenters. The van der Waals surface area contributed by atoms with Crippen molar-refractivity contribution in [3.8, 4) is 39.1 Å². The Hall–Kier alpha value is -5.66. The van der Waals surface area contributed by atoms with Gasteiger partial charge >= 0.3 is 0 Å². The normalized spacial score (nSPS) is 15.4. The Labute approximate surface area is 274 Å². The van der Waals surface area contributed by atoms with Crippen LogP contribution in [0.25, 0.3) is 60.9 Å². The third kappa shape index (κ3) is 2.89. The first-order chi connectivity index (χ1) is 23.1. The monoisotopic (exact) mass is 597 g/mol. The van der Waals surface area contributed by atoms with E-state index in [1.807, 2.05) is 0 Å². The third-order valence-corrected chi connectivity index (χ3v) is 11.6. The van der Waals surface area contributed by atoms with E-state index in [9.17, 15) is 0 Å². The molecule has 1 heteroatoms. The van der Waals surface area contributed by atoms with Crippen LogP contribution in [-0.2, 0) is 10.8 Å². The summed E-state index contributed by atoms with van der Waals surface area (Å²) in [6.45, 7) is 4.79. The standard InChI is InChI=1S/C46H31N/c1-45(2)36-18-8-3-16-32(36)34-25-26-42-43(44(34)45)35-17-7-12-22-41(35)47(42)28-23-24-33-31-15-6-11-21-39(31)46(40(33)27-28)37-19-9-4-13-29(37)30-14-5-10-20-38(30)46/h3-27H,1-2H3. The molecule has 1 aromatic heterocycles. The molecule has 0 bridgehead atoms. The van der Waals surface area contributed by atoms with E-state index in [-0.39, 0.29) is 10.8 Å². The highest BCUT2D eigenvalue weighted by Crippen LogP contribution is 2.63. The van der Waals surface area contributed by atoms with Gasteiger partial charge in [-0.15, -0.1) is 0 Å². The number of aromatic nitrogens is 1. The summed E-state index contributed by atoms with van der Waals surface area (Å²) in [5, 5.41) is 2.68. The molecule has 3 aliphatic carbocycles. The van der Waals surface area contributed by atoms with Crippen molar-refractivity contribution in [3.63, 3.8) is 0 Å². The second kappa shape index (κ2) is 8.57. The Balaban J connectivity index is 1.25. The fourth-order valence-corrected chi connectivity index (χ4v) is 9.83. The Morgan fingerprint density at radius 1 is 0.404 bits per heavy atom. The molecule has 3 aliphatic rings. The number of para-hydroxylation sites is 1. The van der Waals surface area contributed by atoms with Crippen LogP contribution in [0.15, 0.2) is 152 Å². The zero-order valence-electron chi connectivity index (χ0n) is 26.4. The zero-order valence-corrected chi connectivity index (χ0v) is 26.4. The van der Waals surface area contributed by atoms with Gasteiger partial charge in [0.15, 0.2) is 0 Å². The molecular weight excluding hydrogens is 567 g/mol. The molecule has 0 fully saturated rings. The predicted octanol–water partition coefficient (Wildman–Crippen LogP) is 11.4. The van der Waals surface area contributed by atoms with Crippen LogP contribution >= 0.6 is 0 Å². The van der Waals surface area contributed by atoms with Gasteiger partial charge in [0, 0.05) is 21.9 Å². The molecule has 8 aromatic rings. The largest absolute Gasteiger partial charge is 0.309 e. The lowest BCUT2D eigenvalue weighted by Gasteiger charge is -2.30. The minimum Gasteiger partial charge on any atom is -0.309 e. The molecule has 47 heavy (non-hydrogen) atoms. The maximum atomic E-state index is 2.52. The molecule has 0 radical (unpaired) electrons. The van der Waals surface area contributed by atoms with E-state index in [4.69, 9.17) is 0 Å². The maximum absolute atomic E-state index is 2.52. The topological polar surface area (TPSA) is 4.93 Å². The molecule has 0 N–H and O–H groups in total. The van der Waals surface area contributed by atoms with Crippen LogP contribution in [0.4, 0.5) is 0 Å². The highest BCUT2D eigenvalue weighted by molar-refractivity contribution is 6.14. The van der Waals surface area contributed by atoms with Crippen molar-refractivity contribution in [2.24, 2.45) is 0 Å². The van der Waals surface area contributed by atoms with E-state index < -0.39 is 0 Å². The number of nitrogens with zero attached hydrogens (tertiary/aromatic N) is 1. The smallest absolute Gasteiger partial charge is 0.0726 e. The minimum absolute atomic E-state index is 0.0959. The van der Waals surface area contributed by atoms with Crippen LogP contribution in [0.1, 0.15) is 47.2 Å². The lowest BCUT2D eigenvalue weighted by atomic mass is 9.70. The first-order valence-electron chi connectivity index (χ1n) is 16.7. The van der Waals surface area contributed by atoms with Gasteiger partial charge < -0.3 is 4.57 Å². The highest BCUT2D eigenvalue weighted by Gasteiger charge is 2.51. The molecule has 0 atom stereocenters. The lowest BCUT2D eigenvalue weighted by Crippen LogP contribution is -2.26. The summed E-state index contributed by atoms with van der Waals surface area (Å²) in [6, 6.07) is 57.1. The van der Waals surface area contributed by atoms with Crippen molar-refractivity contribution in [3.05, 3.63) is 185 Å². The minimum atomic E-state index is -0.362. The summed E-state index contributed by atoms with van der Waals surface area (Å²) in [6.07, 6.45) is 0. The van der Waals surface area contributed by atoms with Crippen molar-refractivity contribution >= 4 is 21.8 Å². The number of hydrogen-bond acceptors (Lipinski definition) is 0. The summed E-state index contributed by atoms with van der Waals surface area (Å²) < 4.78 is 2.52. The SMILES string of the molecule is CC1(C)c2ccccc2-c2ccc3c(c21)c1ccccc1n3-c1ccc2c(c1)C1(c3ccccc3-c3ccccc31)c1ccccc1-2. The Morgan fingerprint density at radius 3 is 1.53 bits per heavy atom. The van der Waals surface area contributed by atoms with Crippen molar-refractivity contribution in [1.82, 2.24) is 4.57 Å². The average molecular weight is 598 g/mol. The molecule has 1 spiro atoms. The number of rotatable bonds is 1. The average Bonchev–Trinajstić information content (AvgIpc) is 3.79. The molecule has 1 nitrogen and oxygen atoms in total. The van der Waals surface area contributed by atoms with Gasteiger partial charge in [0.05, 0.1) is 16.4 Å². The molecule has 0 aliphatic heterocycles. The fourth-order valence-electron chi connectivity index (χ4n) is 9.83. The predicted molar refractivity (Wildman–Crippen MR) is 195 cm³/mol. The summed E-state index contributed by atoms with van der Waals surface area (Å²) in [4.78, 5) is 0. The van der Waals surface area contributed by atoms with Crippen molar-refractivity contribution < 1.29 is 0 Å². The lowest BCUT2D eigenvalue weighted by molar-refractivity contribution is 0.666. The van der Waals surface area contributed by atoms with Gasteiger partial charge in [-0.2, -0.15) is 0 Å². The van der Waals surface area contributed by atoms with Crippen LogP contribution in [0.5, 0.6) is 0 Å². The molecule has 1 heterocycles. The Bertz CT molecular complexity index is 2600. The Kier molecular flexibility index (Phi) is 4.66. The fraction of sp³-hybridized carbons (Fsp3) is 0.0870. The Morgan fingerprint density at radius 2 is 0.894 bits per heavy atom. The van der Waals surface area contributed by atoms with Crippen LogP contribution in [0.2, 0.25) is 0 Å². The first-order valence-corrected chi connectivity index (χ1v) is 16.7. The number of fused-ring (bicyclic) bond motifs is 17. The molecule has 0 saturated carbocycles. The second-order valence-corrected chi connectivity index (χ2v) is 14.0. The van der Waals surface area contributed by atoms with Crippen molar-refractivity contribution in [2.75, 3.05) is 0 Å². The summed E-state index contributed by atoms with van der Waals surface area (Å²) in [7, 11) is 0. The van der Waals surface area contributed by atoms with Gasteiger partial charge in [-0.25, -0.2) is 0 Å². The summed E-state index contributed by atoms with van der Waals surface area (Å²) in [5.74, 6) is 0. The van der Waals surface area contributed by atoms with E-state index >= 15 is 0 Å². The van der Waals surface area contributed by atoms with Gasteiger partial charge in [0.25, 0.3) is 0 Å². The maximum Gasteiger partial charge on any atom is 0.0726 e. The second-order valence-electron chi connectivity index (χ2n) is 14.0. The van der Waals surface area contributed by atoms with Crippen LogP contribution in [0.3, 0.4) is 0 Å².